The van der Waals surface area contributed by atoms with Gasteiger partial charge in [-0.3, -0.25) is 29.3 Å². The lowest BCUT2D eigenvalue weighted by Crippen LogP contribution is -2.56. The molecule has 24 heteroatoms. The van der Waals surface area contributed by atoms with Crippen LogP contribution >= 0.6 is 0 Å². The quantitative estimate of drug-likeness (QED) is 0.0394. The van der Waals surface area contributed by atoms with E-state index >= 15 is 0 Å². The number of hydrogen-bond donors (Lipinski definition) is 11. The number of amides is 6. The van der Waals surface area contributed by atoms with E-state index in [1.807, 2.05) is 13.0 Å². The lowest BCUT2D eigenvalue weighted by atomic mass is 9.72. The van der Waals surface area contributed by atoms with Crippen molar-refractivity contribution in [3.05, 3.63) is 117 Å². The van der Waals surface area contributed by atoms with Crippen LogP contribution in [0.4, 0.5) is 20.1 Å². The van der Waals surface area contributed by atoms with Crippen LogP contribution in [0.15, 0.2) is 72.8 Å². The van der Waals surface area contributed by atoms with E-state index in [9.17, 15) is 63.9 Å². The molecule has 1 fully saturated rings. The second kappa shape index (κ2) is 25.6. The van der Waals surface area contributed by atoms with Crippen molar-refractivity contribution in [3.63, 3.8) is 0 Å². The summed E-state index contributed by atoms with van der Waals surface area (Å²) in [5.41, 5.74) is 3.40. The summed E-state index contributed by atoms with van der Waals surface area (Å²) in [6, 6.07) is 15.6. The van der Waals surface area contributed by atoms with Crippen LogP contribution in [0.3, 0.4) is 0 Å². The summed E-state index contributed by atoms with van der Waals surface area (Å²) in [4.78, 5) is 105. The van der Waals surface area contributed by atoms with E-state index in [1.54, 1.807) is 55.5 Å². The predicted octanol–water partition coefficient (Wildman–Crippen LogP) is 3.18. The van der Waals surface area contributed by atoms with E-state index in [0.717, 1.165) is 5.56 Å². The van der Waals surface area contributed by atoms with Gasteiger partial charge in [0.05, 0.1) is 48.1 Å². The Morgan fingerprint density at radius 1 is 0.861 bits per heavy atom. The molecule has 1 aliphatic heterocycles. The fraction of sp³-hybridized carbons (Fsp3) is 0.418. The standard InChI is InChI=1S/C55H64N6O18/c1-5-27(2)44(60-54(73)77-25-29-11-7-6-8-12-29)51(70)61-52(71)57-20-10-14-34(56)50(69)58-31-18-16-30(17-19-31)26-76-53(72)59-35-21-39(78-28(3)45(35)64)79-37-23-55(74,38(63)24-62)22-33-41(37)49(68)43-42(47(33)66)46(65)32-13-9-15-36(75-4)40(32)48(43)67/h6-9,11-13,15-19,27-28,34-35,37,39,44-45,62,64,66,68,74H,5,10,14,20-26,56H2,1-4H3,(H,58,69)(H,59,72)(H,60,73)(H2,57,61,70,71)/t27-,28?,34?,35?,37-,39?,44-,45?,55-/m0/s1. The van der Waals surface area contributed by atoms with Gasteiger partial charge >= 0.3 is 18.2 Å². The summed E-state index contributed by atoms with van der Waals surface area (Å²) in [5, 5.41) is 68.6. The number of aliphatic hydroxyl groups excluding tert-OH is 2. The Balaban J connectivity index is 0.887. The largest absolute Gasteiger partial charge is 0.507 e. The van der Waals surface area contributed by atoms with Gasteiger partial charge < -0.3 is 76.2 Å². The molecule has 9 atom stereocenters. The Labute approximate surface area is 453 Å². The fourth-order valence-electron chi connectivity index (χ4n) is 9.60. The summed E-state index contributed by atoms with van der Waals surface area (Å²) >= 11 is 0. The number of rotatable bonds is 20. The third kappa shape index (κ3) is 13.5. The Morgan fingerprint density at radius 2 is 1.53 bits per heavy atom. The number of ether oxygens (including phenoxy) is 5. The van der Waals surface area contributed by atoms with Crippen molar-refractivity contribution >= 4 is 53.1 Å². The van der Waals surface area contributed by atoms with Crippen LogP contribution < -0.4 is 37.1 Å². The van der Waals surface area contributed by atoms with Gasteiger partial charge in [0.25, 0.3) is 5.91 Å². The number of Topliss-reactive ketones (excluding diaryl/α,β-unsaturated/α-hetero) is 1. The van der Waals surface area contributed by atoms with Gasteiger partial charge in [0.1, 0.15) is 54.8 Å². The molecule has 1 heterocycles. The van der Waals surface area contributed by atoms with Crippen molar-refractivity contribution in [2.24, 2.45) is 11.7 Å². The zero-order valence-corrected chi connectivity index (χ0v) is 43.7. The van der Waals surface area contributed by atoms with Crippen LogP contribution in [0.2, 0.25) is 0 Å². The van der Waals surface area contributed by atoms with Crippen molar-refractivity contribution in [1.29, 1.82) is 0 Å². The second-order valence-corrected chi connectivity index (χ2v) is 19.6. The van der Waals surface area contributed by atoms with Gasteiger partial charge in [-0.05, 0) is 55.0 Å². The van der Waals surface area contributed by atoms with Gasteiger partial charge in [-0.15, -0.1) is 0 Å². The van der Waals surface area contributed by atoms with Crippen LogP contribution in [0.1, 0.15) is 113 Å². The molecule has 4 aromatic rings. The number of fused-ring (bicyclic) bond motifs is 3. The number of alkyl carbamates (subject to hydrolysis) is 2. The average molecular weight is 1100 g/mol. The van der Waals surface area contributed by atoms with Crippen molar-refractivity contribution in [2.45, 2.75) is 121 Å². The maximum atomic E-state index is 14.0. The number of imide groups is 1. The number of carbonyl (C=O) groups is 8. The maximum absolute atomic E-state index is 14.0. The van der Waals surface area contributed by atoms with Crippen molar-refractivity contribution in [1.82, 2.24) is 21.3 Å². The smallest absolute Gasteiger partial charge is 0.408 e. The van der Waals surface area contributed by atoms with Crippen molar-refractivity contribution in [3.8, 4) is 17.2 Å². The number of aliphatic hydroxyl groups is 3. The summed E-state index contributed by atoms with van der Waals surface area (Å²) in [5.74, 6) is -5.88. The Morgan fingerprint density at radius 3 is 2.20 bits per heavy atom. The number of nitrogens with two attached hydrogens (primary N) is 1. The third-order valence-corrected chi connectivity index (χ3v) is 14.2. The molecule has 5 unspecified atom stereocenters. The van der Waals surface area contributed by atoms with E-state index in [-0.39, 0.29) is 72.9 Å². The van der Waals surface area contributed by atoms with E-state index in [2.05, 4.69) is 26.6 Å². The normalized spacial score (nSPS) is 21.3. The lowest BCUT2D eigenvalue weighted by Gasteiger charge is -2.42. The monoisotopic (exact) mass is 1100 g/mol. The molecule has 6 amide bonds. The highest BCUT2D eigenvalue weighted by Crippen LogP contribution is 2.52. The highest BCUT2D eigenvalue weighted by atomic mass is 16.7. The van der Waals surface area contributed by atoms with Crippen LogP contribution in [-0.4, -0.2) is 135 Å². The van der Waals surface area contributed by atoms with Gasteiger partial charge in [-0.2, -0.15) is 0 Å². The molecule has 79 heavy (non-hydrogen) atoms. The maximum Gasteiger partial charge on any atom is 0.408 e. The van der Waals surface area contributed by atoms with Gasteiger partial charge in [0.2, 0.25) is 11.7 Å². The predicted molar refractivity (Wildman–Crippen MR) is 278 cm³/mol. The molecule has 12 N–H and O–H groups in total. The Hall–Kier alpha value is -8.00. The highest BCUT2D eigenvalue weighted by molar-refractivity contribution is 6.31. The third-order valence-electron chi connectivity index (χ3n) is 14.2. The average Bonchev–Trinajstić information content (AvgIpc) is 3.63. The number of phenolic OH excluding ortho intramolecular Hbond substituents is 2. The molecular weight excluding hydrogens is 1030 g/mol. The van der Waals surface area contributed by atoms with Gasteiger partial charge in [-0.25, -0.2) is 14.4 Å². The number of urea groups is 1. The zero-order valence-electron chi connectivity index (χ0n) is 43.7. The molecule has 422 valence electrons. The molecule has 2 aliphatic carbocycles. The highest BCUT2D eigenvalue weighted by Gasteiger charge is 2.50. The first-order chi connectivity index (χ1) is 37.7. The van der Waals surface area contributed by atoms with E-state index in [4.69, 9.17) is 29.4 Å². The summed E-state index contributed by atoms with van der Waals surface area (Å²) in [6.07, 6.45) is -7.61. The number of anilines is 1. The number of carbonyl (C=O) groups excluding carboxylic acids is 8. The van der Waals surface area contributed by atoms with Gasteiger partial charge in [0.15, 0.2) is 17.9 Å². The van der Waals surface area contributed by atoms with Gasteiger partial charge in [0, 0.05) is 48.2 Å². The van der Waals surface area contributed by atoms with Crippen LogP contribution in [0, 0.1) is 5.92 Å². The minimum atomic E-state index is -2.40. The Kier molecular flexibility index (Phi) is 19.0. The van der Waals surface area contributed by atoms with Crippen LogP contribution in [0.5, 0.6) is 17.2 Å². The molecular formula is C55H64N6O18. The molecule has 3 aliphatic rings. The fourth-order valence-corrected chi connectivity index (χ4v) is 9.60. The van der Waals surface area contributed by atoms with Crippen LogP contribution in [0.25, 0.3) is 0 Å². The molecule has 1 saturated heterocycles. The molecule has 0 bridgehead atoms. The number of aromatic hydroxyl groups is 2. The molecule has 0 aromatic heterocycles. The number of nitrogens with one attached hydrogen (secondary N) is 5. The van der Waals surface area contributed by atoms with E-state index in [1.165, 1.54) is 32.2 Å². The van der Waals surface area contributed by atoms with E-state index in [0.29, 0.717) is 17.7 Å². The SMILES string of the molecule is CC[C@H](C)[C@H](NC(=O)OCc1ccccc1)C(=O)NC(=O)NCCCC(N)C(=O)Nc1ccc(COC(=O)NC2CC(O[C@H]3C[C@](O)(C(=O)CO)Cc4c(O)c5c(c(O)c43)C(=O)c3c(OC)cccc3C5=O)OC(C)C2O)cc1. The number of methoxy groups -OCH3 is 1. The minimum absolute atomic E-state index is 0.00283. The van der Waals surface area contributed by atoms with E-state index < -0.39 is 138 Å². The zero-order chi connectivity index (χ0) is 57.3. The number of hydrogen-bond acceptors (Lipinski definition) is 19. The molecule has 0 spiro atoms. The molecule has 0 radical (unpaired) electrons. The number of phenols is 2. The molecule has 7 rings (SSSR count). The first-order valence-corrected chi connectivity index (χ1v) is 25.5. The summed E-state index contributed by atoms with van der Waals surface area (Å²) in [6.45, 7) is 3.75. The van der Waals surface area contributed by atoms with Gasteiger partial charge in [-0.1, -0.05) is 74.9 Å². The second-order valence-electron chi connectivity index (χ2n) is 19.6. The van der Waals surface area contributed by atoms with Crippen molar-refractivity contribution in [2.75, 3.05) is 25.6 Å². The first-order valence-electron chi connectivity index (χ1n) is 25.5. The summed E-state index contributed by atoms with van der Waals surface area (Å²) < 4.78 is 28.2. The Bertz CT molecular complexity index is 2960. The van der Waals surface area contributed by atoms with Crippen LogP contribution in [-0.2, 0) is 53.0 Å². The minimum Gasteiger partial charge on any atom is -0.507 e. The number of benzene rings is 4. The number of ketones is 3. The lowest BCUT2D eigenvalue weighted by molar-refractivity contribution is -0.249. The van der Waals surface area contributed by atoms with Crippen molar-refractivity contribution < 1.29 is 87.6 Å². The summed E-state index contributed by atoms with van der Waals surface area (Å²) in [7, 11) is 1.29. The molecule has 24 nitrogen and oxygen atoms in total. The molecule has 0 saturated carbocycles. The first kappa shape index (κ1) is 58.7. The topological polar surface area (TPSA) is 370 Å². The molecule has 4 aromatic carbocycles.